The lowest BCUT2D eigenvalue weighted by molar-refractivity contribution is -0.826. The van der Waals surface area contributed by atoms with Crippen LogP contribution in [0.2, 0.25) is 0 Å². The van der Waals surface area contributed by atoms with Crippen molar-refractivity contribution in [3.8, 4) is 0 Å². The standard InChI is InChI=1S/C19H21N2O2/c1-14-19(2,3)21(23)18(16-12-8-5-9-13-16)17(20(14)22)15-10-6-4-7-11-15/h4-14,22H,1-3H3/q+1/t14-/m0/s1. The van der Waals surface area contributed by atoms with Crippen molar-refractivity contribution in [1.29, 1.82) is 0 Å². The molecule has 0 spiro atoms. The topological polar surface area (TPSA) is 49.3 Å². The van der Waals surface area contributed by atoms with Crippen molar-refractivity contribution < 1.29 is 14.7 Å². The summed E-state index contributed by atoms with van der Waals surface area (Å²) in [4.78, 5) is 0. The molecular formula is C19H21N2O2+. The summed E-state index contributed by atoms with van der Waals surface area (Å²) in [5.41, 5.74) is 1.89. The SMILES string of the molecule is C[C@@H]1[N+](O)=C(c2ccccc2)C(c2ccccc2)=[N+]([O-])C1(C)C. The molecule has 0 fully saturated rings. The van der Waals surface area contributed by atoms with Gasteiger partial charge in [-0.1, -0.05) is 36.4 Å². The van der Waals surface area contributed by atoms with Gasteiger partial charge in [0, 0.05) is 20.8 Å². The van der Waals surface area contributed by atoms with Crippen LogP contribution in [0.25, 0.3) is 0 Å². The van der Waals surface area contributed by atoms with Crippen LogP contribution >= 0.6 is 0 Å². The lowest BCUT2D eigenvalue weighted by Gasteiger charge is -2.31. The highest BCUT2D eigenvalue weighted by atomic mass is 16.5. The number of rotatable bonds is 2. The summed E-state index contributed by atoms with van der Waals surface area (Å²) in [5.74, 6) is 0. The van der Waals surface area contributed by atoms with Crippen molar-refractivity contribution in [2.75, 3.05) is 0 Å². The van der Waals surface area contributed by atoms with Crippen LogP contribution in [0, 0.1) is 5.21 Å². The minimum atomic E-state index is -0.752. The van der Waals surface area contributed by atoms with Gasteiger partial charge in [0.2, 0.25) is 5.54 Å². The number of hydroxylamine groups is 2. The van der Waals surface area contributed by atoms with E-state index in [4.69, 9.17) is 0 Å². The first-order valence-electron chi connectivity index (χ1n) is 7.75. The third-order valence-electron chi connectivity index (χ3n) is 4.66. The first-order chi connectivity index (χ1) is 10.9. The Morgan fingerprint density at radius 1 is 0.870 bits per heavy atom. The maximum atomic E-state index is 13.1. The molecule has 1 heterocycles. The minimum Gasteiger partial charge on any atom is -0.623 e. The second-order valence-corrected chi connectivity index (χ2v) is 6.40. The van der Waals surface area contributed by atoms with Gasteiger partial charge in [-0.05, 0) is 29.0 Å². The Hall–Kier alpha value is -2.62. The summed E-state index contributed by atoms with van der Waals surface area (Å²) >= 11 is 0. The zero-order valence-corrected chi connectivity index (χ0v) is 13.6. The number of benzene rings is 2. The Bertz CT molecular complexity index is 778. The normalized spacial score (nSPS) is 20.7. The highest BCUT2D eigenvalue weighted by Gasteiger charge is 2.53. The van der Waals surface area contributed by atoms with E-state index >= 15 is 0 Å². The highest BCUT2D eigenvalue weighted by Crippen LogP contribution is 2.24. The molecule has 4 nitrogen and oxygen atoms in total. The first-order valence-corrected chi connectivity index (χ1v) is 7.75. The lowest BCUT2D eigenvalue weighted by atomic mass is 9.89. The number of hydrogen-bond acceptors (Lipinski definition) is 2. The molecule has 1 atom stereocenters. The maximum Gasteiger partial charge on any atom is 0.330 e. The van der Waals surface area contributed by atoms with Crippen molar-refractivity contribution in [2.45, 2.75) is 32.4 Å². The summed E-state index contributed by atoms with van der Waals surface area (Å²) in [6.07, 6.45) is 0. The van der Waals surface area contributed by atoms with Gasteiger partial charge < -0.3 is 5.21 Å². The fourth-order valence-electron chi connectivity index (χ4n) is 2.87. The van der Waals surface area contributed by atoms with Gasteiger partial charge in [0.25, 0.3) is 11.8 Å². The molecule has 1 aliphatic heterocycles. The molecule has 0 radical (unpaired) electrons. The zero-order valence-electron chi connectivity index (χ0n) is 13.6. The van der Waals surface area contributed by atoms with E-state index in [1.54, 1.807) is 0 Å². The molecule has 1 N–H and O–H groups in total. The Labute approximate surface area is 136 Å². The Kier molecular flexibility index (Phi) is 3.68. The summed E-state index contributed by atoms with van der Waals surface area (Å²) in [6.45, 7) is 5.55. The van der Waals surface area contributed by atoms with Crippen LogP contribution in [0.3, 0.4) is 0 Å². The van der Waals surface area contributed by atoms with Crippen LogP contribution in [0.1, 0.15) is 31.9 Å². The van der Waals surface area contributed by atoms with Crippen molar-refractivity contribution >= 4 is 11.4 Å². The third kappa shape index (κ3) is 2.40. The monoisotopic (exact) mass is 309 g/mol. The molecule has 4 heteroatoms. The summed E-state index contributed by atoms with van der Waals surface area (Å²) in [6, 6.07) is 18.7. The minimum absolute atomic E-state index is 0.345. The van der Waals surface area contributed by atoms with Gasteiger partial charge in [0.15, 0.2) is 0 Å². The van der Waals surface area contributed by atoms with Crippen molar-refractivity contribution in [2.24, 2.45) is 0 Å². The summed E-state index contributed by atoms with van der Waals surface area (Å²) in [5, 5.41) is 23.9. The van der Waals surface area contributed by atoms with Gasteiger partial charge in [-0.2, -0.15) is 4.74 Å². The van der Waals surface area contributed by atoms with E-state index in [9.17, 15) is 10.4 Å². The third-order valence-corrected chi connectivity index (χ3v) is 4.66. The van der Waals surface area contributed by atoms with Gasteiger partial charge in [0.05, 0.1) is 11.1 Å². The molecule has 0 aliphatic carbocycles. The average Bonchev–Trinajstić information content (AvgIpc) is 2.58. The van der Waals surface area contributed by atoms with Crippen molar-refractivity contribution in [3.05, 3.63) is 77.0 Å². The number of hydrogen-bond donors (Lipinski definition) is 1. The van der Waals surface area contributed by atoms with E-state index in [0.29, 0.717) is 11.4 Å². The Balaban J connectivity index is 2.32. The first kappa shape index (κ1) is 15.3. The molecule has 0 saturated carbocycles. The smallest absolute Gasteiger partial charge is 0.330 e. The van der Waals surface area contributed by atoms with Crippen LogP contribution in [-0.2, 0) is 0 Å². The average molecular weight is 309 g/mol. The fourth-order valence-corrected chi connectivity index (χ4v) is 2.87. The largest absolute Gasteiger partial charge is 0.623 e. The van der Waals surface area contributed by atoms with E-state index in [-0.39, 0.29) is 6.04 Å². The molecule has 2 aromatic carbocycles. The van der Waals surface area contributed by atoms with E-state index in [2.05, 4.69) is 0 Å². The molecule has 2 aromatic rings. The van der Waals surface area contributed by atoms with Crippen molar-refractivity contribution in [3.63, 3.8) is 0 Å². The van der Waals surface area contributed by atoms with Crippen LogP contribution in [0.4, 0.5) is 0 Å². The van der Waals surface area contributed by atoms with E-state index in [1.807, 2.05) is 81.4 Å². The Morgan fingerprint density at radius 2 is 1.30 bits per heavy atom. The molecule has 0 amide bonds. The van der Waals surface area contributed by atoms with E-state index < -0.39 is 5.54 Å². The summed E-state index contributed by atoms with van der Waals surface area (Å²) in [7, 11) is 0. The van der Waals surface area contributed by atoms with Crippen molar-refractivity contribution in [1.82, 2.24) is 0 Å². The molecule has 118 valence electrons. The van der Waals surface area contributed by atoms with Gasteiger partial charge in [-0.3, -0.25) is 5.21 Å². The second kappa shape index (κ2) is 5.54. The van der Waals surface area contributed by atoms with Gasteiger partial charge >= 0.3 is 5.71 Å². The predicted octanol–water partition coefficient (Wildman–Crippen LogP) is 3.06. The van der Waals surface area contributed by atoms with Crippen LogP contribution in [-0.4, -0.2) is 37.7 Å². The molecule has 0 bridgehead atoms. The lowest BCUT2D eigenvalue weighted by Crippen LogP contribution is -2.58. The molecule has 1 aliphatic rings. The molecule has 0 saturated heterocycles. The molecule has 3 rings (SSSR count). The van der Waals surface area contributed by atoms with Crippen LogP contribution in [0.5, 0.6) is 0 Å². The van der Waals surface area contributed by atoms with E-state index in [1.165, 1.54) is 4.74 Å². The van der Waals surface area contributed by atoms with E-state index in [0.717, 1.165) is 15.9 Å². The fraction of sp³-hybridized carbons (Fsp3) is 0.263. The second-order valence-electron chi connectivity index (χ2n) is 6.40. The van der Waals surface area contributed by atoms with Crippen LogP contribution < -0.4 is 0 Å². The highest BCUT2D eigenvalue weighted by molar-refractivity contribution is 6.50. The van der Waals surface area contributed by atoms with Gasteiger partial charge in [0.1, 0.15) is 0 Å². The van der Waals surface area contributed by atoms with Gasteiger partial charge in [-0.15, -0.1) is 0 Å². The zero-order chi connectivity index (χ0) is 16.6. The molecule has 23 heavy (non-hydrogen) atoms. The molecule has 0 unspecified atom stereocenters. The summed E-state index contributed by atoms with van der Waals surface area (Å²) < 4.78 is 2.26. The van der Waals surface area contributed by atoms with Crippen LogP contribution in [0.15, 0.2) is 60.7 Å². The molecular weight excluding hydrogens is 288 g/mol. The predicted molar refractivity (Wildman–Crippen MR) is 90.3 cm³/mol. The maximum absolute atomic E-state index is 13.1. The molecule has 0 aromatic heterocycles. The Morgan fingerprint density at radius 3 is 1.78 bits per heavy atom. The quantitative estimate of drug-likeness (QED) is 0.526. The van der Waals surface area contributed by atoms with Gasteiger partial charge in [-0.25, -0.2) is 0 Å². The number of nitrogens with zero attached hydrogens (tertiary/aromatic N) is 2.